The van der Waals surface area contributed by atoms with Gasteiger partial charge in [0.2, 0.25) is 10.0 Å². The van der Waals surface area contributed by atoms with Crippen LogP contribution in [0.4, 0.5) is 0 Å². The molecule has 1 aromatic rings. The zero-order valence-corrected chi connectivity index (χ0v) is 11.7. The fourth-order valence-corrected chi connectivity index (χ4v) is 3.70. The summed E-state index contributed by atoms with van der Waals surface area (Å²) in [6, 6.07) is 6.73. The standard InChI is InChI=1S/C12H14BrNO2S/c1-3-9-14(10-4-2)17(15,16)12-8-6-5-7-11(12)13/h3-8H,1-2,9-10H2. The molecule has 0 aliphatic carbocycles. The maximum Gasteiger partial charge on any atom is 0.244 e. The first kappa shape index (κ1) is 14.2. The summed E-state index contributed by atoms with van der Waals surface area (Å²) in [7, 11) is -3.51. The van der Waals surface area contributed by atoms with Gasteiger partial charge in [0.1, 0.15) is 0 Å². The van der Waals surface area contributed by atoms with E-state index in [9.17, 15) is 8.42 Å². The Hall–Kier alpha value is -0.910. The third-order valence-corrected chi connectivity index (χ3v) is 4.96. The van der Waals surface area contributed by atoms with E-state index in [2.05, 4.69) is 29.1 Å². The Bertz CT molecular complexity index is 501. The number of rotatable bonds is 6. The Morgan fingerprint density at radius 3 is 2.18 bits per heavy atom. The zero-order chi connectivity index (χ0) is 12.9. The quantitative estimate of drug-likeness (QED) is 0.757. The van der Waals surface area contributed by atoms with Crippen molar-refractivity contribution < 1.29 is 8.42 Å². The molecule has 0 aromatic heterocycles. The molecule has 3 nitrogen and oxygen atoms in total. The Morgan fingerprint density at radius 2 is 1.71 bits per heavy atom. The van der Waals surface area contributed by atoms with Crippen molar-refractivity contribution in [3.63, 3.8) is 0 Å². The fourth-order valence-electron chi connectivity index (χ4n) is 1.35. The van der Waals surface area contributed by atoms with Gasteiger partial charge >= 0.3 is 0 Å². The van der Waals surface area contributed by atoms with E-state index in [-0.39, 0.29) is 18.0 Å². The van der Waals surface area contributed by atoms with Gasteiger partial charge in [0.15, 0.2) is 0 Å². The highest BCUT2D eigenvalue weighted by molar-refractivity contribution is 9.10. The first-order chi connectivity index (χ1) is 8.04. The molecule has 0 saturated heterocycles. The van der Waals surface area contributed by atoms with Crippen LogP contribution in [0.25, 0.3) is 0 Å². The van der Waals surface area contributed by atoms with E-state index in [4.69, 9.17) is 0 Å². The van der Waals surface area contributed by atoms with Crippen LogP contribution < -0.4 is 0 Å². The van der Waals surface area contributed by atoms with E-state index < -0.39 is 10.0 Å². The van der Waals surface area contributed by atoms with E-state index in [0.29, 0.717) is 4.47 Å². The molecule has 0 aliphatic rings. The third-order valence-electron chi connectivity index (χ3n) is 2.12. The highest BCUT2D eigenvalue weighted by Crippen LogP contribution is 2.24. The van der Waals surface area contributed by atoms with E-state index in [1.54, 1.807) is 36.4 Å². The summed E-state index contributed by atoms with van der Waals surface area (Å²) in [6.07, 6.45) is 3.11. The van der Waals surface area contributed by atoms with Crippen molar-refractivity contribution in [2.24, 2.45) is 0 Å². The Balaban J connectivity index is 3.20. The van der Waals surface area contributed by atoms with Crippen molar-refractivity contribution in [3.05, 3.63) is 54.0 Å². The Labute approximate surface area is 111 Å². The molecule has 0 N–H and O–H groups in total. The van der Waals surface area contributed by atoms with Gasteiger partial charge in [0, 0.05) is 17.6 Å². The molecule has 5 heteroatoms. The molecule has 0 aliphatic heterocycles. The maximum atomic E-state index is 12.3. The molecule has 0 unspecified atom stereocenters. The molecule has 0 amide bonds. The van der Waals surface area contributed by atoms with Crippen LogP contribution in [0, 0.1) is 0 Å². The molecule has 1 aromatic carbocycles. The summed E-state index contributed by atoms with van der Waals surface area (Å²) in [6.45, 7) is 7.64. The Morgan fingerprint density at radius 1 is 1.18 bits per heavy atom. The van der Waals surface area contributed by atoms with E-state index >= 15 is 0 Å². The van der Waals surface area contributed by atoms with Crippen LogP contribution >= 0.6 is 15.9 Å². The van der Waals surface area contributed by atoms with Gasteiger partial charge in [-0.2, -0.15) is 4.31 Å². The van der Waals surface area contributed by atoms with Crippen LogP contribution in [0.1, 0.15) is 0 Å². The van der Waals surface area contributed by atoms with Crippen LogP contribution in [0.2, 0.25) is 0 Å². The predicted molar refractivity (Wildman–Crippen MR) is 73.3 cm³/mol. The molecule has 0 spiro atoms. The van der Waals surface area contributed by atoms with Gasteiger partial charge < -0.3 is 0 Å². The van der Waals surface area contributed by atoms with Gasteiger partial charge in [-0.15, -0.1) is 13.2 Å². The van der Waals surface area contributed by atoms with Gasteiger partial charge in [-0.3, -0.25) is 0 Å². The van der Waals surface area contributed by atoms with Crippen molar-refractivity contribution >= 4 is 26.0 Å². The van der Waals surface area contributed by atoms with Crippen molar-refractivity contribution in [1.82, 2.24) is 4.31 Å². The van der Waals surface area contributed by atoms with Crippen LogP contribution in [0.3, 0.4) is 0 Å². The minimum Gasteiger partial charge on any atom is -0.207 e. The van der Waals surface area contributed by atoms with Crippen molar-refractivity contribution in [2.45, 2.75) is 4.90 Å². The lowest BCUT2D eigenvalue weighted by atomic mass is 10.4. The molecule has 0 saturated carbocycles. The summed E-state index contributed by atoms with van der Waals surface area (Å²) in [5, 5.41) is 0. The van der Waals surface area contributed by atoms with E-state index in [0.717, 1.165) is 0 Å². The van der Waals surface area contributed by atoms with Crippen molar-refractivity contribution in [2.75, 3.05) is 13.1 Å². The SMILES string of the molecule is C=CCN(CC=C)S(=O)(=O)c1ccccc1Br. The fraction of sp³-hybridized carbons (Fsp3) is 0.167. The first-order valence-corrected chi connectivity index (χ1v) is 7.23. The van der Waals surface area contributed by atoms with Crippen LogP contribution in [-0.4, -0.2) is 25.8 Å². The van der Waals surface area contributed by atoms with Crippen molar-refractivity contribution in [1.29, 1.82) is 0 Å². The zero-order valence-electron chi connectivity index (χ0n) is 9.34. The number of hydrogen-bond donors (Lipinski definition) is 0. The maximum absolute atomic E-state index is 12.3. The molecule has 0 heterocycles. The van der Waals surface area contributed by atoms with Gasteiger partial charge in [0.05, 0.1) is 4.90 Å². The normalized spacial score (nSPS) is 11.4. The topological polar surface area (TPSA) is 37.4 Å². The van der Waals surface area contributed by atoms with Gasteiger partial charge in [0.25, 0.3) is 0 Å². The minimum atomic E-state index is -3.51. The second-order valence-electron chi connectivity index (χ2n) is 3.33. The lowest BCUT2D eigenvalue weighted by Gasteiger charge is -2.19. The molecule has 17 heavy (non-hydrogen) atoms. The summed E-state index contributed by atoms with van der Waals surface area (Å²) >= 11 is 3.25. The van der Waals surface area contributed by atoms with Crippen LogP contribution in [0.15, 0.2) is 58.9 Å². The number of sulfonamides is 1. The molecule has 0 atom stereocenters. The molecular formula is C12H14BrNO2S. The average Bonchev–Trinajstić information content (AvgIpc) is 2.29. The van der Waals surface area contributed by atoms with E-state index in [1.807, 2.05) is 0 Å². The molecule has 92 valence electrons. The van der Waals surface area contributed by atoms with E-state index in [1.165, 1.54) is 4.31 Å². The minimum absolute atomic E-state index is 0.253. The largest absolute Gasteiger partial charge is 0.244 e. The highest BCUT2D eigenvalue weighted by atomic mass is 79.9. The smallest absolute Gasteiger partial charge is 0.207 e. The molecule has 0 radical (unpaired) electrons. The van der Waals surface area contributed by atoms with Crippen LogP contribution in [-0.2, 0) is 10.0 Å². The van der Waals surface area contributed by atoms with Gasteiger partial charge in [-0.05, 0) is 28.1 Å². The molecule has 0 fully saturated rings. The summed E-state index contributed by atoms with van der Waals surface area (Å²) < 4.78 is 26.5. The number of nitrogens with zero attached hydrogens (tertiary/aromatic N) is 1. The molecule has 0 bridgehead atoms. The summed E-state index contributed by atoms with van der Waals surface area (Å²) in [4.78, 5) is 0.253. The van der Waals surface area contributed by atoms with Gasteiger partial charge in [-0.25, -0.2) is 8.42 Å². The number of hydrogen-bond acceptors (Lipinski definition) is 2. The second kappa shape index (κ2) is 6.14. The third kappa shape index (κ3) is 3.28. The van der Waals surface area contributed by atoms with Crippen LogP contribution in [0.5, 0.6) is 0 Å². The summed E-state index contributed by atoms with van der Waals surface area (Å²) in [5.41, 5.74) is 0. The monoisotopic (exact) mass is 315 g/mol. The van der Waals surface area contributed by atoms with Crippen molar-refractivity contribution in [3.8, 4) is 0 Å². The van der Waals surface area contributed by atoms with Gasteiger partial charge in [-0.1, -0.05) is 24.3 Å². The second-order valence-corrected chi connectivity index (χ2v) is 6.09. The first-order valence-electron chi connectivity index (χ1n) is 5.00. The molecule has 1 rings (SSSR count). The summed E-state index contributed by atoms with van der Waals surface area (Å²) in [5.74, 6) is 0. The highest BCUT2D eigenvalue weighted by Gasteiger charge is 2.24. The average molecular weight is 316 g/mol. The number of benzene rings is 1. The Kier molecular flexibility index (Phi) is 5.11. The lowest BCUT2D eigenvalue weighted by molar-refractivity contribution is 0.474. The predicted octanol–water partition coefficient (Wildman–Crippen LogP) is 2.81. The number of halogens is 1. The molecular weight excluding hydrogens is 302 g/mol. The lowest BCUT2D eigenvalue weighted by Crippen LogP contribution is -2.31.